The molecule has 0 aliphatic carbocycles. The second-order valence-corrected chi connectivity index (χ2v) is 21.4. The molecule has 0 amide bonds. The van der Waals surface area contributed by atoms with E-state index in [4.69, 9.17) is 18.9 Å². The molecule has 8 aliphatic rings. The lowest BCUT2D eigenvalue weighted by atomic mass is 9.95. The van der Waals surface area contributed by atoms with E-state index in [0.717, 1.165) is 94.7 Å². The maximum absolute atomic E-state index is 12.1. The van der Waals surface area contributed by atoms with Crippen molar-refractivity contribution < 1.29 is 58.6 Å². The molecule has 10 atom stereocenters. The Morgan fingerprint density at radius 1 is 0.486 bits per heavy atom. The minimum Gasteiger partial charge on any atom is -0.459 e. The largest absolute Gasteiger partial charge is 0.459 e. The number of nitrogens with zero attached hydrogens (tertiary/aromatic N) is 4. The summed E-state index contributed by atoms with van der Waals surface area (Å²) in [6, 6.07) is 19.7. The highest BCUT2D eigenvalue weighted by atomic mass is 16.6. The molecule has 0 saturated carbocycles. The molecule has 4 N–H and O–H groups in total. The predicted octanol–water partition coefficient (Wildman–Crippen LogP) is 4.58. The second kappa shape index (κ2) is 19.4. The maximum Gasteiger partial charge on any atom is 0.338 e. The standard InChI is InChI=1S/2C28H32N2O6/c2*1-15-7-18-8-17(3-4-22(18)28(34)36-15)25(31)12-29-10-20-9-19(29)11-30(20)13-26(32)21-5-6-23-24(16(21)2)14-35-27(23)33/h2*3-6,8,15,19-20,25-26,31-32H,7,9-14H2,1-2H3/t15-,19-,20-,25+,26+;15-,19-,20-,25-,26+/m11/s1. The van der Waals surface area contributed by atoms with E-state index in [1.54, 1.807) is 24.3 Å². The minimum absolute atomic E-state index is 0.149. The first-order valence-corrected chi connectivity index (χ1v) is 25.5. The molecule has 0 spiro atoms. The maximum atomic E-state index is 12.1. The van der Waals surface area contributed by atoms with Crippen LogP contribution in [0, 0.1) is 13.8 Å². The monoisotopic (exact) mass is 984 g/mol. The van der Waals surface area contributed by atoms with Crippen LogP contribution in [0.2, 0.25) is 0 Å². The molecule has 4 saturated heterocycles. The second-order valence-electron chi connectivity index (χ2n) is 21.4. The first-order valence-electron chi connectivity index (χ1n) is 25.5. The number of carbonyl (C=O) groups is 4. The van der Waals surface area contributed by atoms with E-state index in [0.29, 0.717) is 85.4 Å². The van der Waals surface area contributed by atoms with Gasteiger partial charge in [0.05, 0.1) is 46.7 Å². The zero-order valence-electron chi connectivity index (χ0n) is 41.3. The van der Waals surface area contributed by atoms with Crippen LogP contribution < -0.4 is 0 Å². The van der Waals surface area contributed by atoms with Gasteiger partial charge in [-0.3, -0.25) is 19.6 Å². The zero-order chi connectivity index (χ0) is 50.3. The molecular weight excluding hydrogens is 921 g/mol. The van der Waals surface area contributed by atoms with Crippen LogP contribution in [-0.2, 0) is 45.0 Å². The number of benzene rings is 4. The van der Waals surface area contributed by atoms with E-state index in [9.17, 15) is 39.6 Å². The van der Waals surface area contributed by atoms with Gasteiger partial charge < -0.3 is 39.4 Å². The van der Waals surface area contributed by atoms with Gasteiger partial charge in [-0.15, -0.1) is 0 Å². The molecule has 12 rings (SSSR count). The van der Waals surface area contributed by atoms with Crippen LogP contribution >= 0.6 is 0 Å². The Bertz CT molecular complexity index is 2650. The highest BCUT2D eigenvalue weighted by Crippen LogP contribution is 2.38. The number of fused-ring (bicyclic) bond motifs is 8. The number of aliphatic hydroxyl groups is 4. The molecule has 16 nitrogen and oxygen atoms in total. The number of carbonyl (C=O) groups excluding carboxylic acids is 4. The lowest BCUT2D eigenvalue weighted by Crippen LogP contribution is -2.48. The van der Waals surface area contributed by atoms with Crippen LogP contribution in [0.4, 0.5) is 0 Å². The van der Waals surface area contributed by atoms with Crippen LogP contribution in [0.15, 0.2) is 60.7 Å². The highest BCUT2D eigenvalue weighted by molar-refractivity contribution is 5.95. The SMILES string of the molecule is Cc1c([C@@H](O)CN2C[C@H]3C[C@@H]2CN3C[C@@H](O)c2ccc3c(c2)C[C@@H](C)OC3=O)ccc2c1COC2=O.Cc1c([C@@H](O)CN2C[C@H]3C[C@@H]2CN3C[C@H](O)c2ccc3c(c2)C[C@@H](C)OC3=O)ccc2c1COC2=O. The number of likely N-dealkylation sites (tertiary alicyclic amines) is 4. The first kappa shape index (κ1) is 48.7. The summed E-state index contributed by atoms with van der Waals surface area (Å²) >= 11 is 0. The summed E-state index contributed by atoms with van der Waals surface area (Å²) in [7, 11) is 0. The number of rotatable bonds is 12. The summed E-state index contributed by atoms with van der Waals surface area (Å²) in [5.41, 5.74) is 11.3. The molecule has 4 bridgehead atoms. The van der Waals surface area contributed by atoms with Crippen molar-refractivity contribution in [3.63, 3.8) is 0 Å². The minimum atomic E-state index is -0.631. The first-order chi connectivity index (χ1) is 34.6. The third-order valence-electron chi connectivity index (χ3n) is 16.8. The lowest BCUT2D eigenvalue weighted by Gasteiger charge is -2.36. The summed E-state index contributed by atoms with van der Waals surface area (Å²) in [5.74, 6) is -1.16. The number of hydrogen-bond donors (Lipinski definition) is 4. The van der Waals surface area contributed by atoms with Gasteiger partial charge in [-0.05, 0) is 109 Å². The molecule has 8 heterocycles. The average molecular weight is 985 g/mol. The Morgan fingerprint density at radius 2 is 0.833 bits per heavy atom. The lowest BCUT2D eigenvalue weighted by molar-refractivity contribution is 0.0289. The van der Waals surface area contributed by atoms with Crippen LogP contribution in [0.3, 0.4) is 0 Å². The summed E-state index contributed by atoms with van der Waals surface area (Å²) in [5, 5.41) is 44.0. The molecule has 4 aromatic carbocycles. The van der Waals surface area contributed by atoms with Crippen molar-refractivity contribution >= 4 is 23.9 Å². The molecule has 72 heavy (non-hydrogen) atoms. The van der Waals surface area contributed by atoms with Crippen molar-refractivity contribution in [2.24, 2.45) is 0 Å². The van der Waals surface area contributed by atoms with Crippen LogP contribution in [0.5, 0.6) is 0 Å². The third kappa shape index (κ3) is 9.14. The van der Waals surface area contributed by atoms with E-state index in [1.807, 2.05) is 64.1 Å². The average Bonchev–Trinajstić information content (AvgIpc) is 4.23. The summed E-state index contributed by atoms with van der Waals surface area (Å²) in [6.07, 6.45) is 0.580. The number of cyclic esters (lactones) is 4. The van der Waals surface area contributed by atoms with Gasteiger partial charge in [-0.1, -0.05) is 36.4 Å². The molecule has 4 aromatic rings. The Hall–Kier alpha value is -5.56. The fraction of sp³-hybridized carbons (Fsp3) is 0.500. The van der Waals surface area contributed by atoms with Gasteiger partial charge in [-0.2, -0.15) is 0 Å². The van der Waals surface area contributed by atoms with Crippen molar-refractivity contribution in [1.29, 1.82) is 0 Å². The zero-order valence-corrected chi connectivity index (χ0v) is 41.3. The van der Waals surface area contributed by atoms with Crippen molar-refractivity contribution in [3.8, 4) is 0 Å². The normalized spacial score (nSPS) is 26.9. The van der Waals surface area contributed by atoms with Gasteiger partial charge in [0, 0.05) is 100 Å². The molecule has 0 aromatic heterocycles. The van der Waals surface area contributed by atoms with Crippen LogP contribution in [-0.4, -0.2) is 153 Å². The van der Waals surface area contributed by atoms with E-state index in [1.165, 1.54) is 0 Å². The number of esters is 4. The topological polar surface area (TPSA) is 199 Å². The van der Waals surface area contributed by atoms with Crippen LogP contribution in [0.25, 0.3) is 0 Å². The van der Waals surface area contributed by atoms with Crippen molar-refractivity contribution in [1.82, 2.24) is 19.6 Å². The number of aliphatic hydroxyl groups excluding tert-OH is 4. The van der Waals surface area contributed by atoms with E-state index < -0.39 is 24.4 Å². The highest BCUT2D eigenvalue weighted by Gasteiger charge is 2.46. The van der Waals surface area contributed by atoms with Gasteiger partial charge in [0.15, 0.2) is 0 Å². The van der Waals surface area contributed by atoms with Gasteiger partial charge in [-0.25, -0.2) is 19.2 Å². The van der Waals surface area contributed by atoms with Gasteiger partial charge >= 0.3 is 23.9 Å². The number of β-amino-alcohol motifs (C(OH)–C–C–N with tert-alkyl or cyclic N) is 4. The fourth-order valence-corrected chi connectivity index (χ4v) is 12.9. The number of ether oxygens (including phenoxy) is 4. The Labute approximate surface area is 419 Å². The Kier molecular flexibility index (Phi) is 13.1. The van der Waals surface area contributed by atoms with Crippen molar-refractivity contribution in [2.75, 3.05) is 52.4 Å². The number of hydrogen-bond acceptors (Lipinski definition) is 16. The van der Waals surface area contributed by atoms with Crippen LogP contribution in [0.1, 0.15) is 148 Å². The molecule has 0 radical (unpaired) electrons. The summed E-state index contributed by atoms with van der Waals surface area (Å²) in [6.45, 7) is 13.8. The van der Waals surface area contributed by atoms with Gasteiger partial charge in [0.2, 0.25) is 0 Å². The van der Waals surface area contributed by atoms with Crippen molar-refractivity contribution in [3.05, 3.63) is 139 Å². The Morgan fingerprint density at radius 3 is 1.19 bits per heavy atom. The van der Waals surface area contributed by atoms with E-state index >= 15 is 0 Å². The molecular formula is C56H64N4O12. The quantitative estimate of drug-likeness (QED) is 0.114. The van der Waals surface area contributed by atoms with Gasteiger partial charge in [0.25, 0.3) is 0 Å². The molecule has 8 aliphatic heterocycles. The fourth-order valence-electron chi connectivity index (χ4n) is 12.9. The van der Waals surface area contributed by atoms with Gasteiger partial charge in [0.1, 0.15) is 25.4 Å². The van der Waals surface area contributed by atoms with E-state index in [-0.39, 0.29) is 49.3 Å². The summed E-state index contributed by atoms with van der Waals surface area (Å²) in [4.78, 5) is 57.2. The Balaban J connectivity index is 0.000000156. The van der Waals surface area contributed by atoms with E-state index in [2.05, 4.69) is 19.6 Å². The smallest absolute Gasteiger partial charge is 0.338 e. The molecule has 380 valence electrons. The summed E-state index contributed by atoms with van der Waals surface area (Å²) < 4.78 is 20.9. The molecule has 0 unspecified atom stereocenters. The molecule has 16 heteroatoms. The molecule has 4 fully saturated rings. The van der Waals surface area contributed by atoms with Crippen molar-refractivity contribution in [2.45, 2.75) is 127 Å². The third-order valence-corrected chi connectivity index (χ3v) is 16.8. The predicted molar refractivity (Wildman–Crippen MR) is 261 cm³/mol. The number of piperazine rings is 2.